The monoisotopic (exact) mass is 457 g/mol. The quantitative estimate of drug-likeness (QED) is 0.495. The van der Waals surface area contributed by atoms with Crippen LogP contribution < -0.4 is 10.1 Å². The third kappa shape index (κ3) is 4.31. The van der Waals surface area contributed by atoms with Gasteiger partial charge in [-0.05, 0) is 53.8 Å². The number of hydrogen-bond acceptors (Lipinski definition) is 5. The maximum atomic E-state index is 12.9. The highest BCUT2D eigenvalue weighted by Crippen LogP contribution is 2.60. The van der Waals surface area contributed by atoms with Crippen molar-refractivity contribution in [1.82, 2.24) is 10.1 Å². The van der Waals surface area contributed by atoms with Gasteiger partial charge >= 0.3 is 0 Å². The number of halogens is 2. The molecule has 0 spiro atoms. The van der Waals surface area contributed by atoms with Crippen LogP contribution in [0, 0.1) is 17.3 Å². The van der Waals surface area contributed by atoms with Crippen LogP contribution in [-0.2, 0) is 4.79 Å². The lowest BCUT2D eigenvalue weighted by Crippen LogP contribution is -2.17. The normalized spacial score (nSPS) is 18.9. The first kappa shape index (κ1) is 21.4. The molecule has 0 radical (unpaired) electrons. The summed E-state index contributed by atoms with van der Waals surface area (Å²) in [5.41, 5.74) is 1.81. The van der Waals surface area contributed by atoms with Crippen LogP contribution in [0.15, 0.2) is 63.6 Å². The molecule has 1 aliphatic rings. The van der Waals surface area contributed by atoms with Crippen molar-refractivity contribution in [3.05, 3.63) is 59.1 Å². The van der Waals surface area contributed by atoms with Gasteiger partial charge < -0.3 is 14.6 Å². The van der Waals surface area contributed by atoms with Crippen LogP contribution >= 0.6 is 23.2 Å². The Morgan fingerprint density at radius 2 is 1.87 bits per heavy atom. The van der Waals surface area contributed by atoms with Crippen LogP contribution in [-0.4, -0.2) is 23.2 Å². The number of para-hydroxylation sites is 1. The fourth-order valence-corrected chi connectivity index (χ4v) is 4.08. The summed E-state index contributed by atoms with van der Waals surface area (Å²) in [4.78, 5) is 17.5. The average molecular weight is 458 g/mol. The van der Waals surface area contributed by atoms with Crippen molar-refractivity contribution < 1.29 is 14.1 Å². The molecule has 6 nitrogen and oxygen atoms in total. The van der Waals surface area contributed by atoms with Crippen molar-refractivity contribution in [2.24, 2.45) is 17.3 Å². The van der Waals surface area contributed by atoms with E-state index in [2.05, 4.69) is 15.5 Å². The summed E-state index contributed by atoms with van der Waals surface area (Å²) in [5.74, 6) is 1.15. The number of allylic oxidation sites excluding steroid dienone is 1. The van der Waals surface area contributed by atoms with Crippen molar-refractivity contribution in [3.63, 3.8) is 0 Å². The van der Waals surface area contributed by atoms with E-state index in [1.165, 1.54) is 0 Å². The fourth-order valence-electron chi connectivity index (χ4n) is 3.80. The molecule has 0 saturated heterocycles. The minimum atomic E-state index is -0.231. The second-order valence-corrected chi connectivity index (χ2v) is 8.98. The molecule has 0 bridgehead atoms. The van der Waals surface area contributed by atoms with Gasteiger partial charge in [-0.25, -0.2) is 0 Å². The molecule has 1 fully saturated rings. The van der Waals surface area contributed by atoms with E-state index >= 15 is 0 Å². The van der Waals surface area contributed by atoms with Gasteiger partial charge in [0.25, 0.3) is 5.89 Å². The maximum absolute atomic E-state index is 12.9. The second kappa shape index (κ2) is 8.36. The Bertz CT molecular complexity index is 1130. The Hall–Kier alpha value is -2.83. The Morgan fingerprint density at radius 3 is 2.55 bits per heavy atom. The molecule has 1 N–H and O–H groups in total. The smallest absolute Gasteiger partial charge is 0.260 e. The Kier molecular flexibility index (Phi) is 5.77. The molecular weight excluding hydrogens is 437 g/mol. The molecule has 4 rings (SSSR count). The third-order valence-corrected chi connectivity index (χ3v) is 5.94. The number of anilines is 1. The highest BCUT2D eigenvalue weighted by Gasteiger charge is 2.60. The molecule has 31 heavy (non-hydrogen) atoms. The molecule has 1 aliphatic carbocycles. The van der Waals surface area contributed by atoms with Gasteiger partial charge in [0, 0.05) is 5.56 Å². The maximum Gasteiger partial charge on any atom is 0.260 e. The van der Waals surface area contributed by atoms with Gasteiger partial charge in [-0.1, -0.05) is 54.3 Å². The van der Waals surface area contributed by atoms with E-state index in [0.29, 0.717) is 23.0 Å². The van der Waals surface area contributed by atoms with E-state index in [-0.39, 0.29) is 27.6 Å². The lowest BCUT2D eigenvalue weighted by molar-refractivity contribution is -0.118. The number of benzene rings is 2. The Labute approximate surface area is 190 Å². The van der Waals surface area contributed by atoms with Crippen molar-refractivity contribution in [2.75, 3.05) is 12.4 Å². The lowest BCUT2D eigenvalue weighted by atomic mass is 10.1. The summed E-state index contributed by atoms with van der Waals surface area (Å²) < 4.78 is 10.8. The molecule has 2 atom stereocenters. The SMILES string of the molecule is COc1ccc(-c2noc(-c3ccccc3NC(=O)C3C(C=C(Cl)Cl)C3(C)C)n2)cc1. The van der Waals surface area contributed by atoms with Gasteiger partial charge in [-0.15, -0.1) is 0 Å². The van der Waals surface area contributed by atoms with Crippen molar-refractivity contribution in [3.8, 4) is 28.6 Å². The van der Waals surface area contributed by atoms with Crippen molar-refractivity contribution in [2.45, 2.75) is 13.8 Å². The minimum Gasteiger partial charge on any atom is -0.497 e. The number of rotatable bonds is 6. The fraction of sp³-hybridized carbons (Fsp3) is 0.261. The zero-order valence-corrected chi connectivity index (χ0v) is 18.7. The van der Waals surface area contributed by atoms with E-state index in [9.17, 15) is 4.79 Å². The molecular formula is C23H21Cl2N3O3. The van der Waals surface area contributed by atoms with Crippen LogP contribution in [0.4, 0.5) is 5.69 Å². The van der Waals surface area contributed by atoms with Gasteiger partial charge in [-0.3, -0.25) is 4.79 Å². The summed E-state index contributed by atoms with van der Waals surface area (Å²) in [5, 5.41) is 7.07. The zero-order valence-electron chi connectivity index (χ0n) is 17.2. The van der Waals surface area contributed by atoms with Crippen LogP contribution in [0.2, 0.25) is 0 Å². The summed E-state index contributed by atoms with van der Waals surface area (Å²) >= 11 is 11.6. The lowest BCUT2D eigenvalue weighted by Gasteiger charge is -2.09. The first-order valence-electron chi connectivity index (χ1n) is 9.72. The first-order valence-corrected chi connectivity index (χ1v) is 10.5. The van der Waals surface area contributed by atoms with Crippen LogP contribution in [0.3, 0.4) is 0 Å². The van der Waals surface area contributed by atoms with Gasteiger partial charge in [0.1, 0.15) is 10.2 Å². The van der Waals surface area contributed by atoms with Crippen LogP contribution in [0.1, 0.15) is 13.8 Å². The first-order chi connectivity index (χ1) is 14.8. The number of ether oxygens (including phenoxy) is 1. The number of carbonyl (C=O) groups excluding carboxylic acids is 1. The summed E-state index contributed by atoms with van der Waals surface area (Å²) in [7, 11) is 1.61. The van der Waals surface area contributed by atoms with Crippen LogP contribution in [0.5, 0.6) is 5.75 Å². The van der Waals surface area contributed by atoms with Gasteiger partial charge in [0.2, 0.25) is 11.7 Å². The molecule has 1 amide bonds. The molecule has 0 aliphatic heterocycles. The number of amides is 1. The molecule has 8 heteroatoms. The number of methoxy groups -OCH3 is 1. The molecule has 3 aromatic rings. The predicted molar refractivity (Wildman–Crippen MR) is 121 cm³/mol. The standard InChI is InChI=1S/C23H21Cl2N3O3/c1-23(2)16(12-18(24)25)19(23)21(29)26-17-7-5-4-6-15(17)22-27-20(28-31-22)13-8-10-14(30-3)11-9-13/h4-12,16,19H,1-3H3,(H,26,29). The van der Waals surface area contributed by atoms with Crippen molar-refractivity contribution in [1.29, 1.82) is 0 Å². The van der Waals surface area contributed by atoms with Crippen molar-refractivity contribution >= 4 is 34.8 Å². The highest BCUT2D eigenvalue weighted by atomic mass is 35.5. The van der Waals surface area contributed by atoms with E-state index in [1.807, 2.05) is 56.3 Å². The largest absolute Gasteiger partial charge is 0.497 e. The number of nitrogens with one attached hydrogen (secondary N) is 1. The van der Waals surface area contributed by atoms with Gasteiger partial charge in [-0.2, -0.15) is 4.98 Å². The predicted octanol–water partition coefficient (Wildman–Crippen LogP) is 5.94. The zero-order chi connectivity index (χ0) is 22.2. The number of carbonyl (C=O) groups is 1. The average Bonchev–Trinajstić information content (AvgIpc) is 3.07. The minimum absolute atomic E-state index is 0.0188. The highest BCUT2D eigenvalue weighted by molar-refractivity contribution is 6.55. The summed E-state index contributed by atoms with van der Waals surface area (Å²) in [6.07, 6.45) is 1.72. The molecule has 2 unspecified atom stereocenters. The topological polar surface area (TPSA) is 77.3 Å². The Morgan fingerprint density at radius 1 is 1.16 bits per heavy atom. The van der Waals surface area contributed by atoms with Gasteiger partial charge in [0.15, 0.2) is 0 Å². The molecule has 2 aromatic carbocycles. The van der Waals surface area contributed by atoms with Gasteiger partial charge in [0.05, 0.1) is 24.3 Å². The number of hydrogen-bond donors (Lipinski definition) is 1. The number of nitrogens with zero attached hydrogens (tertiary/aromatic N) is 2. The Balaban J connectivity index is 1.56. The van der Waals surface area contributed by atoms with E-state index in [4.69, 9.17) is 32.5 Å². The third-order valence-electron chi connectivity index (χ3n) is 5.69. The number of aromatic nitrogens is 2. The molecule has 160 valence electrons. The van der Waals surface area contributed by atoms with E-state index < -0.39 is 0 Å². The van der Waals surface area contributed by atoms with E-state index in [0.717, 1.165) is 11.3 Å². The van der Waals surface area contributed by atoms with Crippen LogP contribution in [0.25, 0.3) is 22.8 Å². The summed E-state index contributed by atoms with van der Waals surface area (Å²) in [6, 6.07) is 14.7. The molecule has 1 heterocycles. The van der Waals surface area contributed by atoms with E-state index in [1.54, 1.807) is 19.3 Å². The second-order valence-electron chi connectivity index (χ2n) is 7.97. The molecule has 1 saturated carbocycles. The molecule has 1 aromatic heterocycles. The summed E-state index contributed by atoms with van der Waals surface area (Å²) in [6.45, 7) is 4.03.